The van der Waals surface area contributed by atoms with E-state index in [1.165, 1.54) is 0 Å². The monoisotopic (exact) mass is 349 g/mol. The first-order valence-corrected chi connectivity index (χ1v) is 8.64. The lowest BCUT2D eigenvalue weighted by Crippen LogP contribution is -2.30. The number of aliphatic hydroxyl groups excluding tert-OH is 1. The van der Waals surface area contributed by atoms with Gasteiger partial charge in [-0.15, -0.1) is 0 Å². The third-order valence-electron chi connectivity index (χ3n) is 4.05. The molecule has 1 aromatic carbocycles. The van der Waals surface area contributed by atoms with Crippen LogP contribution in [0.5, 0.6) is 0 Å². The first kappa shape index (κ1) is 17.8. The molecule has 3 N–H and O–H groups in total. The van der Waals surface area contributed by atoms with Gasteiger partial charge in [-0.1, -0.05) is 44.2 Å². The van der Waals surface area contributed by atoms with Gasteiger partial charge in [0.15, 0.2) is 5.82 Å². The average Bonchev–Trinajstić information content (AvgIpc) is 2.67. The summed E-state index contributed by atoms with van der Waals surface area (Å²) in [7, 11) is 0. The van der Waals surface area contributed by atoms with Gasteiger partial charge in [0.25, 0.3) is 0 Å². The lowest BCUT2D eigenvalue weighted by molar-refractivity contribution is 0.249. The number of aromatic nitrogens is 3. The maximum atomic E-state index is 9.62. The van der Waals surface area contributed by atoms with Gasteiger partial charge in [-0.3, -0.25) is 4.98 Å². The summed E-state index contributed by atoms with van der Waals surface area (Å²) in [5.74, 6) is 2.23. The highest BCUT2D eigenvalue weighted by molar-refractivity contribution is 5.65. The SMILES string of the molecule is CC(C)C(CO)Nc1cc(Nc2ccncc2)nc(-c2ccccc2)n1. The molecule has 0 aliphatic heterocycles. The molecule has 26 heavy (non-hydrogen) atoms. The van der Waals surface area contributed by atoms with E-state index in [0.717, 1.165) is 11.3 Å². The molecule has 6 heteroatoms. The van der Waals surface area contributed by atoms with Gasteiger partial charge in [0.05, 0.1) is 12.6 Å². The van der Waals surface area contributed by atoms with Crippen molar-refractivity contribution < 1.29 is 5.11 Å². The molecular formula is C20H23N5O. The summed E-state index contributed by atoms with van der Waals surface area (Å²) in [5.41, 5.74) is 1.82. The van der Waals surface area contributed by atoms with Crippen LogP contribution in [-0.2, 0) is 0 Å². The van der Waals surface area contributed by atoms with Gasteiger partial charge in [-0.2, -0.15) is 0 Å². The zero-order valence-electron chi connectivity index (χ0n) is 14.9. The number of rotatable bonds is 7. The Bertz CT molecular complexity index is 824. The van der Waals surface area contributed by atoms with Crippen LogP contribution in [0.1, 0.15) is 13.8 Å². The van der Waals surface area contributed by atoms with Gasteiger partial charge in [0.2, 0.25) is 0 Å². The van der Waals surface area contributed by atoms with Crippen molar-refractivity contribution in [2.75, 3.05) is 17.2 Å². The van der Waals surface area contributed by atoms with Crippen molar-refractivity contribution in [2.24, 2.45) is 5.92 Å². The van der Waals surface area contributed by atoms with Crippen LogP contribution in [0.2, 0.25) is 0 Å². The normalized spacial score (nSPS) is 12.0. The Labute approximate surface area is 153 Å². The largest absolute Gasteiger partial charge is 0.394 e. The first-order chi connectivity index (χ1) is 12.7. The smallest absolute Gasteiger partial charge is 0.163 e. The summed E-state index contributed by atoms with van der Waals surface area (Å²) in [4.78, 5) is 13.3. The molecule has 0 saturated heterocycles. The highest BCUT2D eigenvalue weighted by atomic mass is 16.3. The number of nitrogens with one attached hydrogen (secondary N) is 2. The van der Waals surface area contributed by atoms with Gasteiger partial charge in [-0.05, 0) is 18.1 Å². The van der Waals surface area contributed by atoms with Gasteiger partial charge >= 0.3 is 0 Å². The molecule has 0 saturated carbocycles. The van der Waals surface area contributed by atoms with Crippen LogP contribution >= 0.6 is 0 Å². The number of pyridine rings is 1. The number of aliphatic hydroxyl groups is 1. The fraction of sp³-hybridized carbons (Fsp3) is 0.250. The van der Waals surface area contributed by atoms with Gasteiger partial charge in [0, 0.05) is 29.7 Å². The second kappa shape index (κ2) is 8.40. The Kier molecular flexibility index (Phi) is 5.76. The van der Waals surface area contributed by atoms with Gasteiger partial charge < -0.3 is 15.7 Å². The number of hydrogen-bond acceptors (Lipinski definition) is 6. The highest BCUT2D eigenvalue weighted by Gasteiger charge is 2.14. The lowest BCUT2D eigenvalue weighted by atomic mass is 10.1. The van der Waals surface area contributed by atoms with Gasteiger partial charge in [0.1, 0.15) is 11.6 Å². The van der Waals surface area contributed by atoms with E-state index in [-0.39, 0.29) is 18.6 Å². The third-order valence-corrected chi connectivity index (χ3v) is 4.05. The van der Waals surface area contributed by atoms with Crippen molar-refractivity contribution in [2.45, 2.75) is 19.9 Å². The van der Waals surface area contributed by atoms with E-state index < -0.39 is 0 Å². The van der Waals surface area contributed by atoms with Crippen LogP contribution in [0.4, 0.5) is 17.3 Å². The number of benzene rings is 1. The molecule has 3 aromatic rings. The Hall–Kier alpha value is -2.99. The van der Waals surface area contributed by atoms with Crippen LogP contribution in [-0.4, -0.2) is 32.7 Å². The zero-order chi connectivity index (χ0) is 18.4. The Morgan fingerprint density at radius 1 is 0.962 bits per heavy atom. The van der Waals surface area contributed by atoms with Crippen LogP contribution in [0.3, 0.4) is 0 Å². The minimum atomic E-state index is -0.0812. The minimum Gasteiger partial charge on any atom is -0.394 e. The molecule has 134 valence electrons. The molecule has 3 rings (SSSR count). The van der Waals surface area contributed by atoms with E-state index in [4.69, 9.17) is 0 Å². The first-order valence-electron chi connectivity index (χ1n) is 8.64. The number of hydrogen-bond donors (Lipinski definition) is 3. The Morgan fingerprint density at radius 2 is 1.65 bits per heavy atom. The summed E-state index contributed by atoms with van der Waals surface area (Å²) >= 11 is 0. The van der Waals surface area contributed by atoms with E-state index in [1.807, 2.05) is 48.5 Å². The predicted molar refractivity (Wildman–Crippen MR) is 104 cm³/mol. The Balaban J connectivity index is 1.96. The molecule has 2 heterocycles. The van der Waals surface area contributed by atoms with E-state index in [1.54, 1.807) is 12.4 Å². The predicted octanol–water partition coefficient (Wildman–Crippen LogP) is 3.71. The molecule has 2 aromatic heterocycles. The number of anilines is 3. The molecule has 1 atom stereocenters. The summed E-state index contributed by atoms with van der Waals surface area (Å²) in [6, 6.07) is 15.3. The molecule has 0 spiro atoms. The standard InChI is InChI=1S/C20H23N5O/c1-14(2)17(13-26)23-19-12-18(22-16-8-10-21-11-9-16)24-20(25-19)15-6-4-3-5-7-15/h3-12,14,17,26H,13H2,1-2H3,(H2,21,22,23,24,25). The fourth-order valence-corrected chi connectivity index (χ4v) is 2.50. The van der Waals surface area contributed by atoms with Crippen molar-refractivity contribution >= 4 is 17.3 Å². The van der Waals surface area contributed by atoms with Crippen molar-refractivity contribution in [1.29, 1.82) is 0 Å². The summed E-state index contributed by atoms with van der Waals surface area (Å²) in [6.45, 7) is 4.15. The summed E-state index contributed by atoms with van der Waals surface area (Å²) in [5, 5.41) is 16.2. The molecule has 0 amide bonds. The van der Waals surface area contributed by atoms with Gasteiger partial charge in [-0.25, -0.2) is 9.97 Å². The summed E-state index contributed by atoms with van der Waals surface area (Å²) < 4.78 is 0. The van der Waals surface area contributed by atoms with Crippen molar-refractivity contribution in [3.05, 3.63) is 60.9 Å². The van der Waals surface area contributed by atoms with E-state index >= 15 is 0 Å². The fourth-order valence-electron chi connectivity index (χ4n) is 2.50. The van der Waals surface area contributed by atoms with E-state index in [2.05, 4.69) is 39.4 Å². The molecule has 0 radical (unpaired) electrons. The molecular weight excluding hydrogens is 326 g/mol. The molecule has 1 unspecified atom stereocenters. The topological polar surface area (TPSA) is 83.0 Å². The van der Waals surface area contributed by atoms with Crippen LogP contribution in [0.25, 0.3) is 11.4 Å². The maximum absolute atomic E-state index is 9.62. The van der Waals surface area contributed by atoms with Crippen LogP contribution in [0.15, 0.2) is 60.9 Å². The van der Waals surface area contributed by atoms with Crippen LogP contribution < -0.4 is 10.6 Å². The van der Waals surface area contributed by atoms with E-state index in [0.29, 0.717) is 17.5 Å². The molecule has 0 bridgehead atoms. The Morgan fingerprint density at radius 3 is 2.31 bits per heavy atom. The van der Waals surface area contributed by atoms with Crippen molar-refractivity contribution in [3.8, 4) is 11.4 Å². The lowest BCUT2D eigenvalue weighted by Gasteiger charge is -2.21. The van der Waals surface area contributed by atoms with Crippen molar-refractivity contribution in [1.82, 2.24) is 15.0 Å². The van der Waals surface area contributed by atoms with Crippen LogP contribution in [0, 0.1) is 5.92 Å². The molecule has 0 aliphatic carbocycles. The summed E-state index contributed by atoms with van der Waals surface area (Å²) in [6.07, 6.45) is 3.45. The second-order valence-corrected chi connectivity index (χ2v) is 6.37. The second-order valence-electron chi connectivity index (χ2n) is 6.37. The van der Waals surface area contributed by atoms with E-state index in [9.17, 15) is 5.11 Å². The maximum Gasteiger partial charge on any atom is 0.163 e. The quantitative estimate of drug-likeness (QED) is 0.603. The zero-order valence-corrected chi connectivity index (χ0v) is 14.9. The average molecular weight is 349 g/mol. The third kappa shape index (κ3) is 4.55. The molecule has 0 aliphatic rings. The number of nitrogens with zero attached hydrogens (tertiary/aromatic N) is 3. The highest BCUT2D eigenvalue weighted by Crippen LogP contribution is 2.23. The van der Waals surface area contributed by atoms with Crippen molar-refractivity contribution in [3.63, 3.8) is 0 Å². The molecule has 0 fully saturated rings. The molecule has 6 nitrogen and oxygen atoms in total. The minimum absolute atomic E-state index is 0.0372.